The predicted molar refractivity (Wildman–Crippen MR) is 77.8 cm³/mol. The average molecular weight is 287 g/mol. The molecule has 1 atom stereocenters. The third-order valence-corrected chi connectivity index (χ3v) is 5.24. The van der Waals surface area contributed by atoms with E-state index in [2.05, 4.69) is 5.16 Å². The maximum absolute atomic E-state index is 5.78. The van der Waals surface area contributed by atoms with Gasteiger partial charge in [0.1, 0.15) is 7.11 Å². The quantitative estimate of drug-likeness (QED) is 0.349. The molecule has 6 heteroatoms. The molecule has 0 aliphatic rings. The monoisotopic (exact) mass is 287 g/mol. The van der Waals surface area contributed by atoms with Crippen molar-refractivity contribution in [2.45, 2.75) is 20.3 Å². The van der Waals surface area contributed by atoms with Crippen LogP contribution >= 0.6 is 6.49 Å². The highest BCUT2D eigenvalue weighted by Gasteiger charge is 2.24. The van der Waals surface area contributed by atoms with Crippen molar-refractivity contribution in [1.29, 1.82) is 0 Å². The Morgan fingerprint density at radius 1 is 1.28 bits per heavy atom. The maximum Gasteiger partial charge on any atom is 0.270 e. The minimum atomic E-state index is -2.55. The zero-order chi connectivity index (χ0) is 13.4. The van der Waals surface area contributed by atoms with Gasteiger partial charge in [0, 0.05) is 11.7 Å². The zero-order valence-electron chi connectivity index (χ0n) is 10.8. The highest BCUT2D eigenvalue weighted by atomic mass is 32.5. The number of rotatable bonds is 6. The van der Waals surface area contributed by atoms with Gasteiger partial charge in [0.25, 0.3) is 6.49 Å². The molecule has 1 aromatic carbocycles. The van der Waals surface area contributed by atoms with Gasteiger partial charge in [-0.1, -0.05) is 30.3 Å². The van der Waals surface area contributed by atoms with E-state index in [-0.39, 0.29) is 0 Å². The van der Waals surface area contributed by atoms with Crippen molar-refractivity contribution >= 4 is 29.5 Å². The minimum Gasteiger partial charge on any atom is -0.423 e. The number of hydrogen-bond acceptors (Lipinski definition) is 5. The van der Waals surface area contributed by atoms with Crippen molar-refractivity contribution in [3.63, 3.8) is 0 Å². The first-order valence-corrected chi connectivity index (χ1v) is 8.40. The second kappa shape index (κ2) is 7.52. The molecule has 0 bridgehead atoms. The van der Waals surface area contributed by atoms with Crippen molar-refractivity contribution in [2.24, 2.45) is 5.16 Å². The smallest absolute Gasteiger partial charge is 0.270 e. The van der Waals surface area contributed by atoms with Gasteiger partial charge in [-0.15, -0.1) is 0 Å². The van der Waals surface area contributed by atoms with E-state index in [1.165, 1.54) is 7.11 Å². The summed E-state index contributed by atoms with van der Waals surface area (Å²) in [6.45, 7) is 1.76. The summed E-state index contributed by atoms with van der Waals surface area (Å²) in [6, 6.07) is 9.59. The first kappa shape index (κ1) is 15.2. The van der Waals surface area contributed by atoms with Crippen molar-refractivity contribution in [3.05, 3.63) is 30.3 Å². The molecule has 0 aliphatic carbocycles. The van der Waals surface area contributed by atoms with Crippen LogP contribution in [0.15, 0.2) is 35.5 Å². The van der Waals surface area contributed by atoms with Crippen molar-refractivity contribution < 1.29 is 13.9 Å². The Morgan fingerprint density at radius 3 is 2.44 bits per heavy atom. The molecule has 1 rings (SSSR count). The van der Waals surface area contributed by atoms with Gasteiger partial charge in [0.15, 0.2) is 0 Å². The molecule has 18 heavy (non-hydrogen) atoms. The number of benzene rings is 1. The van der Waals surface area contributed by atoms with E-state index in [0.717, 1.165) is 5.30 Å². The zero-order valence-corrected chi connectivity index (χ0v) is 12.5. The standard InChI is InChI=1S/C12H18NO3PS/c1-4-12(13-14-3)16-17(18,15-5-2)11-9-7-6-8-10-11/h6-10H,4-5H2,1-3H3. The molecule has 4 nitrogen and oxygen atoms in total. The summed E-state index contributed by atoms with van der Waals surface area (Å²) in [5.41, 5.74) is 0. The fourth-order valence-corrected chi connectivity index (χ4v) is 3.88. The van der Waals surface area contributed by atoms with Crippen LogP contribution in [-0.4, -0.2) is 19.6 Å². The van der Waals surface area contributed by atoms with Crippen LogP contribution < -0.4 is 5.30 Å². The maximum atomic E-state index is 5.78. The van der Waals surface area contributed by atoms with Crippen LogP contribution in [-0.2, 0) is 25.7 Å². The van der Waals surface area contributed by atoms with Gasteiger partial charge in [0.2, 0.25) is 5.90 Å². The molecule has 0 radical (unpaired) electrons. The largest absolute Gasteiger partial charge is 0.423 e. The van der Waals surface area contributed by atoms with Crippen LogP contribution in [0.25, 0.3) is 0 Å². The van der Waals surface area contributed by atoms with E-state index < -0.39 is 6.49 Å². The average Bonchev–Trinajstić information content (AvgIpc) is 2.39. The van der Waals surface area contributed by atoms with Gasteiger partial charge in [-0.25, -0.2) is 0 Å². The Labute approximate surface area is 113 Å². The van der Waals surface area contributed by atoms with Gasteiger partial charge in [-0.2, -0.15) is 0 Å². The molecule has 0 amide bonds. The van der Waals surface area contributed by atoms with Gasteiger partial charge < -0.3 is 13.9 Å². The highest BCUT2D eigenvalue weighted by molar-refractivity contribution is 8.13. The summed E-state index contributed by atoms with van der Waals surface area (Å²) in [7, 11) is 1.48. The molecule has 0 saturated heterocycles. The fourth-order valence-electron chi connectivity index (χ4n) is 1.32. The Bertz CT molecular complexity index is 436. The van der Waals surface area contributed by atoms with E-state index >= 15 is 0 Å². The summed E-state index contributed by atoms with van der Waals surface area (Å²) in [5.74, 6) is 0.457. The Balaban J connectivity index is 3.01. The SMILES string of the molecule is CCOP(=S)(OC(CC)=NOC)c1ccccc1. The number of hydrogen-bond donors (Lipinski definition) is 0. The molecular formula is C12H18NO3PS. The predicted octanol–water partition coefficient (Wildman–Crippen LogP) is 3.04. The second-order valence-electron chi connectivity index (χ2n) is 3.36. The van der Waals surface area contributed by atoms with Crippen LogP contribution in [0.2, 0.25) is 0 Å². The first-order valence-electron chi connectivity index (χ1n) is 5.76. The third kappa shape index (κ3) is 4.09. The molecule has 0 N–H and O–H groups in total. The number of oxime groups is 1. The van der Waals surface area contributed by atoms with Crippen LogP contribution in [0.3, 0.4) is 0 Å². The highest BCUT2D eigenvalue weighted by Crippen LogP contribution is 2.47. The minimum absolute atomic E-state index is 0.457. The first-order chi connectivity index (χ1) is 8.66. The summed E-state index contributed by atoms with van der Waals surface area (Å²) < 4.78 is 11.4. The Morgan fingerprint density at radius 2 is 1.94 bits per heavy atom. The Hall–Kier alpha value is -0.900. The van der Waals surface area contributed by atoms with Gasteiger partial charge >= 0.3 is 0 Å². The van der Waals surface area contributed by atoms with Crippen LogP contribution in [0.5, 0.6) is 0 Å². The van der Waals surface area contributed by atoms with Crippen molar-refractivity contribution in [2.75, 3.05) is 13.7 Å². The molecule has 0 spiro atoms. The third-order valence-electron chi connectivity index (χ3n) is 2.09. The summed E-state index contributed by atoms with van der Waals surface area (Å²) in [6.07, 6.45) is 0.603. The molecule has 1 unspecified atom stereocenters. The molecule has 0 heterocycles. The lowest BCUT2D eigenvalue weighted by Crippen LogP contribution is -2.13. The van der Waals surface area contributed by atoms with Crippen molar-refractivity contribution in [1.82, 2.24) is 0 Å². The summed E-state index contributed by atoms with van der Waals surface area (Å²) in [4.78, 5) is 4.73. The fraction of sp³-hybridized carbons (Fsp3) is 0.417. The summed E-state index contributed by atoms with van der Waals surface area (Å²) >= 11 is 5.55. The van der Waals surface area contributed by atoms with Gasteiger partial charge in [-0.3, -0.25) is 0 Å². The molecule has 0 aromatic heterocycles. The second-order valence-corrected chi connectivity index (χ2v) is 6.76. The van der Waals surface area contributed by atoms with Gasteiger partial charge in [-0.05, 0) is 30.9 Å². The topological polar surface area (TPSA) is 40.0 Å². The molecule has 100 valence electrons. The lowest BCUT2D eigenvalue weighted by atomic mass is 10.4. The lowest BCUT2D eigenvalue weighted by Gasteiger charge is -2.22. The van der Waals surface area contributed by atoms with E-state index in [0.29, 0.717) is 18.9 Å². The summed E-state index contributed by atoms with van der Waals surface area (Å²) in [5, 5.41) is 4.69. The lowest BCUT2D eigenvalue weighted by molar-refractivity contribution is 0.203. The van der Waals surface area contributed by atoms with E-state index in [4.69, 9.17) is 25.7 Å². The van der Waals surface area contributed by atoms with Crippen molar-refractivity contribution in [3.8, 4) is 0 Å². The molecule has 0 fully saturated rings. The van der Waals surface area contributed by atoms with E-state index in [1.54, 1.807) is 0 Å². The van der Waals surface area contributed by atoms with E-state index in [1.807, 2.05) is 44.2 Å². The molecule has 0 saturated carbocycles. The molecular weight excluding hydrogens is 269 g/mol. The van der Waals surface area contributed by atoms with Crippen LogP contribution in [0.1, 0.15) is 20.3 Å². The Kier molecular flexibility index (Phi) is 6.33. The van der Waals surface area contributed by atoms with Crippen LogP contribution in [0.4, 0.5) is 0 Å². The van der Waals surface area contributed by atoms with E-state index in [9.17, 15) is 0 Å². The molecule has 1 aromatic rings. The number of nitrogens with zero attached hydrogens (tertiary/aromatic N) is 1. The normalized spacial score (nSPS) is 14.9. The van der Waals surface area contributed by atoms with Gasteiger partial charge in [0.05, 0.1) is 6.61 Å². The molecule has 0 aliphatic heterocycles. The van der Waals surface area contributed by atoms with Crippen LogP contribution in [0, 0.1) is 0 Å².